The van der Waals surface area contributed by atoms with Gasteiger partial charge in [-0.1, -0.05) is 26.7 Å². The van der Waals surface area contributed by atoms with Gasteiger partial charge in [0, 0.05) is 11.6 Å². The number of halogens is 1. The molecule has 0 heterocycles. The molecule has 0 aliphatic heterocycles. The molecule has 1 aliphatic rings. The number of hydrogen-bond donors (Lipinski definition) is 1. The van der Waals surface area contributed by atoms with Crippen LogP contribution in [-0.2, 0) is 0 Å². The van der Waals surface area contributed by atoms with Crippen molar-refractivity contribution < 1.29 is 9.13 Å². The van der Waals surface area contributed by atoms with E-state index in [9.17, 15) is 4.39 Å². The average molecular weight is 279 g/mol. The molecule has 1 aromatic carbocycles. The molecule has 0 aromatic heterocycles. The van der Waals surface area contributed by atoms with E-state index in [0.29, 0.717) is 5.92 Å². The van der Waals surface area contributed by atoms with Crippen molar-refractivity contribution in [3.63, 3.8) is 0 Å². The second-order valence-electron chi connectivity index (χ2n) is 5.95. The number of hydrogen-bond acceptors (Lipinski definition) is 2. The van der Waals surface area contributed by atoms with E-state index in [-0.39, 0.29) is 11.9 Å². The molecule has 1 N–H and O–H groups in total. The normalized spacial score (nSPS) is 24.4. The molecule has 112 valence electrons. The predicted octanol–water partition coefficient (Wildman–Crippen LogP) is 4.31. The molecule has 0 saturated heterocycles. The van der Waals surface area contributed by atoms with Gasteiger partial charge in [0.15, 0.2) is 0 Å². The van der Waals surface area contributed by atoms with Gasteiger partial charge in [0.2, 0.25) is 0 Å². The summed E-state index contributed by atoms with van der Waals surface area (Å²) < 4.78 is 19.1. The maximum absolute atomic E-state index is 13.6. The quantitative estimate of drug-likeness (QED) is 0.867. The van der Waals surface area contributed by atoms with Crippen LogP contribution >= 0.6 is 0 Å². The fourth-order valence-electron chi connectivity index (χ4n) is 3.48. The largest absolute Gasteiger partial charge is 0.496 e. The number of methoxy groups -OCH3 is 1. The van der Waals surface area contributed by atoms with Crippen molar-refractivity contribution in [2.45, 2.75) is 45.6 Å². The highest BCUT2D eigenvalue weighted by atomic mass is 19.1. The Morgan fingerprint density at radius 2 is 2.20 bits per heavy atom. The van der Waals surface area contributed by atoms with Gasteiger partial charge >= 0.3 is 0 Å². The Labute approximate surface area is 121 Å². The van der Waals surface area contributed by atoms with Crippen LogP contribution in [0, 0.1) is 17.7 Å². The summed E-state index contributed by atoms with van der Waals surface area (Å²) in [6.07, 6.45) is 5.00. The Kier molecular flexibility index (Phi) is 5.41. The summed E-state index contributed by atoms with van der Waals surface area (Å²) in [5.74, 6) is 1.92. The number of rotatable bonds is 5. The van der Waals surface area contributed by atoms with Gasteiger partial charge in [0.25, 0.3) is 0 Å². The summed E-state index contributed by atoms with van der Waals surface area (Å²) in [6.45, 7) is 5.30. The molecule has 0 amide bonds. The van der Waals surface area contributed by atoms with Crippen molar-refractivity contribution in [1.29, 1.82) is 0 Å². The van der Waals surface area contributed by atoms with Crippen LogP contribution in [0.5, 0.6) is 5.75 Å². The van der Waals surface area contributed by atoms with Crippen molar-refractivity contribution in [2.24, 2.45) is 11.8 Å². The fourth-order valence-corrected chi connectivity index (χ4v) is 3.48. The molecular weight excluding hydrogens is 253 g/mol. The lowest BCUT2D eigenvalue weighted by molar-refractivity contribution is 0.222. The molecule has 3 unspecified atom stereocenters. The topological polar surface area (TPSA) is 21.3 Å². The zero-order chi connectivity index (χ0) is 14.5. The van der Waals surface area contributed by atoms with E-state index in [2.05, 4.69) is 19.2 Å². The third-order valence-corrected chi connectivity index (χ3v) is 4.40. The highest BCUT2D eigenvalue weighted by molar-refractivity contribution is 5.37. The Morgan fingerprint density at radius 3 is 2.85 bits per heavy atom. The van der Waals surface area contributed by atoms with Crippen LogP contribution in [0.3, 0.4) is 0 Å². The maximum Gasteiger partial charge on any atom is 0.123 e. The second-order valence-corrected chi connectivity index (χ2v) is 5.95. The summed E-state index contributed by atoms with van der Waals surface area (Å²) >= 11 is 0. The van der Waals surface area contributed by atoms with E-state index in [1.54, 1.807) is 19.2 Å². The lowest BCUT2D eigenvalue weighted by Crippen LogP contribution is -2.31. The summed E-state index contributed by atoms with van der Waals surface area (Å²) in [5, 5.41) is 3.54. The van der Waals surface area contributed by atoms with E-state index in [0.717, 1.165) is 23.8 Å². The van der Waals surface area contributed by atoms with Crippen LogP contribution in [0.4, 0.5) is 4.39 Å². The average Bonchev–Trinajstić information content (AvgIpc) is 2.44. The Morgan fingerprint density at radius 1 is 1.40 bits per heavy atom. The number of ether oxygens (including phenoxy) is 1. The van der Waals surface area contributed by atoms with Crippen molar-refractivity contribution >= 4 is 0 Å². The molecule has 1 fully saturated rings. The minimum atomic E-state index is -0.187. The van der Waals surface area contributed by atoms with Gasteiger partial charge in [-0.05, 0) is 49.4 Å². The molecule has 1 saturated carbocycles. The van der Waals surface area contributed by atoms with E-state index in [1.807, 2.05) is 0 Å². The van der Waals surface area contributed by atoms with Gasteiger partial charge < -0.3 is 10.1 Å². The van der Waals surface area contributed by atoms with E-state index < -0.39 is 0 Å². The first-order valence-electron chi connectivity index (χ1n) is 7.72. The highest BCUT2D eigenvalue weighted by Gasteiger charge is 2.29. The van der Waals surface area contributed by atoms with Gasteiger partial charge in [-0.15, -0.1) is 0 Å². The fraction of sp³-hybridized carbons (Fsp3) is 0.647. The summed E-state index contributed by atoms with van der Waals surface area (Å²) in [6, 6.07) is 5.02. The zero-order valence-electron chi connectivity index (χ0n) is 12.8. The molecule has 3 atom stereocenters. The van der Waals surface area contributed by atoms with Gasteiger partial charge in [-0.25, -0.2) is 4.39 Å². The van der Waals surface area contributed by atoms with Crippen LogP contribution in [0.25, 0.3) is 0 Å². The molecule has 2 rings (SSSR count). The third kappa shape index (κ3) is 3.51. The first-order chi connectivity index (χ1) is 9.65. The molecule has 20 heavy (non-hydrogen) atoms. The second kappa shape index (κ2) is 7.07. The third-order valence-electron chi connectivity index (χ3n) is 4.40. The molecule has 2 nitrogen and oxygen atoms in total. The summed E-state index contributed by atoms with van der Waals surface area (Å²) in [4.78, 5) is 0. The van der Waals surface area contributed by atoms with Gasteiger partial charge in [0.05, 0.1) is 7.11 Å². The Balaban J connectivity index is 2.29. The monoisotopic (exact) mass is 279 g/mol. The van der Waals surface area contributed by atoms with Crippen molar-refractivity contribution in [2.75, 3.05) is 13.7 Å². The van der Waals surface area contributed by atoms with Gasteiger partial charge in [0.1, 0.15) is 11.6 Å². The highest BCUT2D eigenvalue weighted by Crippen LogP contribution is 2.40. The number of benzene rings is 1. The van der Waals surface area contributed by atoms with Gasteiger partial charge in [-0.3, -0.25) is 0 Å². The lowest BCUT2D eigenvalue weighted by atomic mass is 9.76. The van der Waals surface area contributed by atoms with Crippen molar-refractivity contribution in [3.8, 4) is 5.75 Å². The number of nitrogens with one attached hydrogen (secondary N) is 1. The van der Waals surface area contributed by atoms with Crippen molar-refractivity contribution in [1.82, 2.24) is 5.32 Å². The lowest BCUT2D eigenvalue weighted by Gasteiger charge is -2.34. The first kappa shape index (κ1) is 15.3. The predicted molar refractivity (Wildman–Crippen MR) is 80.5 cm³/mol. The molecular formula is C17H26FNO. The maximum atomic E-state index is 13.6. The minimum Gasteiger partial charge on any atom is -0.496 e. The van der Waals surface area contributed by atoms with Crippen LogP contribution < -0.4 is 10.1 Å². The zero-order valence-corrected chi connectivity index (χ0v) is 12.8. The van der Waals surface area contributed by atoms with Crippen LogP contribution in [-0.4, -0.2) is 13.7 Å². The van der Waals surface area contributed by atoms with Crippen LogP contribution in [0.1, 0.15) is 51.1 Å². The molecule has 0 bridgehead atoms. The van der Waals surface area contributed by atoms with E-state index in [1.165, 1.54) is 31.7 Å². The van der Waals surface area contributed by atoms with E-state index in [4.69, 9.17) is 4.74 Å². The summed E-state index contributed by atoms with van der Waals surface area (Å²) in [5.41, 5.74) is 0.966. The van der Waals surface area contributed by atoms with Crippen LogP contribution in [0.15, 0.2) is 18.2 Å². The van der Waals surface area contributed by atoms with Crippen LogP contribution in [0.2, 0.25) is 0 Å². The summed E-state index contributed by atoms with van der Waals surface area (Å²) in [7, 11) is 1.66. The standard InChI is InChI=1S/C17H26FNO/c1-4-19-17(13-7-5-6-12(2)10-13)15-11-14(18)8-9-16(15)20-3/h8-9,11-13,17,19H,4-7,10H2,1-3H3. The smallest absolute Gasteiger partial charge is 0.123 e. The van der Waals surface area contributed by atoms with Crippen molar-refractivity contribution in [3.05, 3.63) is 29.6 Å². The SMILES string of the molecule is CCNC(c1cc(F)ccc1OC)C1CCCC(C)C1. The molecule has 0 spiro atoms. The van der Waals surface area contributed by atoms with E-state index >= 15 is 0 Å². The molecule has 3 heteroatoms. The molecule has 1 aromatic rings. The molecule has 0 radical (unpaired) electrons. The van der Waals surface area contributed by atoms with Gasteiger partial charge in [-0.2, -0.15) is 0 Å². The first-order valence-corrected chi connectivity index (χ1v) is 7.72. The molecule has 1 aliphatic carbocycles. The minimum absolute atomic E-state index is 0.187. The Hall–Kier alpha value is -1.09. The Bertz CT molecular complexity index is 435.